The molecule has 0 rings (SSSR count). The van der Waals surface area contributed by atoms with Crippen molar-refractivity contribution in [3.05, 3.63) is 121 Å². The summed E-state index contributed by atoms with van der Waals surface area (Å²) in [7, 11) is 0. The van der Waals surface area contributed by atoms with Gasteiger partial charge in [0, 0.05) is 16.7 Å². The van der Waals surface area contributed by atoms with Gasteiger partial charge in [-0.2, -0.15) is 4.39 Å². The summed E-state index contributed by atoms with van der Waals surface area (Å²) < 4.78 is 68.1. The van der Waals surface area contributed by atoms with Crippen LogP contribution in [-0.4, -0.2) is 19.3 Å². The number of rotatable bonds is 16. The summed E-state index contributed by atoms with van der Waals surface area (Å²) in [6.45, 7) is 30.3. The van der Waals surface area contributed by atoms with Crippen LogP contribution in [0.5, 0.6) is 0 Å². The zero-order chi connectivity index (χ0) is 26.6. The summed E-state index contributed by atoms with van der Waals surface area (Å²) in [5.74, 6) is -5.51. The molecule has 0 aromatic carbocycles. The molecular weight excluding hydrogens is 444 g/mol. The molecule has 0 aliphatic heterocycles. The van der Waals surface area contributed by atoms with Crippen molar-refractivity contribution in [1.82, 2.24) is 0 Å². The van der Waals surface area contributed by atoms with Gasteiger partial charge in [-0.3, -0.25) is 0 Å². The summed E-state index contributed by atoms with van der Waals surface area (Å²) in [5, 5.41) is 0. The van der Waals surface area contributed by atoms with Gasteiger partial charge in [0.15, 0.2) is 23.2 Å². The lowest BCUT2D eigenvalue weighted by Crippen LogP contribution is -2.16. The Kier molecular flexibility index (Phi) is 13.5. The summed E-state index contributed by atoms with van der Waals surface area (Å²) in [4.78, 5) is 0. The maximum Gasteiger partial charge on any atom is 0.200 e. The molecule has 0 radical (unpaired) electrons. The molecule has 0 saturated carbocycles. The zero-order valence-corrected chi connectivity index (χ0v) is 20.3. The minimum atomic E-state index is -1.30. The fourth-order valence-electron chi connectivity index (χ4n) is 2.14. The molecule has 34 heavy (non-hydrogen) atoms. The van der Waals surface area contributed by atoms with Gasteiger partial charge in [-0.25, -0.2) is 13.2 Å². The van der Waals surface area contributed by atoms with Crippen LogP contribution in [0.2, 0.25) is 0 Å². The van der Waals surface area contributed by atoms with Crippen LogP contribution in [0.4, 0.5) is 17.6 Å². The minimum Gasteiger partial charge on any atom is -0.491 e. The number of allylic oxidation sites excluding steroid dienone is 9. The van der Waals surface area contributed by atoms with Crippen LogP contribution < -0.4 is 0 Å². The maximum atomic E-state index is 14.6. The van der Waals surface area contributed by atoms with Gasteiger partial charge in [0.1, 0.15) is 0 Å². The Morgan fingerprint density at radius 1 is 0.794 bits per heavy atom. The maximum absolute atomic E-state index is 14.6. The highest BCUT2D eigenvalue weighted by Gasteiger charge is 2.20. The van der Waals surface area contributed by atoms with E-state index in [0.717, 1.165) is 0 Å². The van der Waals surface area contributed by atoms with Gasteiger partial charge in [-0.05, 0) is 30.4 Å². The largest absolute Gasteiger partial charge is 0.491 e. The normalized spacial score (nSPS) is 14.4. The van der Waals surface area contributed by atoms with E-state index in [1.165, 1.54) is 12.2 Å². The molecule has 0 bridgehead atoms. The lowest BCUT2D eigenvalue weighted by molar-refractivity contribution is 0.0749. The van der Waals surface area contributed by atoms with Crippen LogP contribution in [0, 0.1) is 5.92 Å². The first-order chi connectivity index (χ1) is 15.8. The summed E-state index contributed by atoms with van der Waals surface area (Å²) >= 11 is 0. The van der Waals surface area contributed by atoms with Crippen molar-refractivity contribution in [3.8, 4) is 0 Å². The van der Waals surface area contributed by atoms with Crippen LogP contribution in [-0.2, 0) is 9.47 Å². The van der Waals surface area contributed by atoms with E-state index in [9.17, 15) is 17.6 Å². The van der Waals surface area contributed by atoms with Gasteiger partial charge in [0.05, 0.1) is 19.3 Å². The number of halogens is 4. The molecule has 0 spiro atoms. The van der Waals surface area contributed by atoms with E-state index in [-0.39, 0.29) is 47.0 Å². The second-order valence-corrected chi connectivity index (χ2v) is 7.58. The molecule has 0 saturated heterocycles. The standard InChI is InChI=1S/C28H34F4O2/c1-11-15-33-24(10)28(32)26(30)21(7)19(5)14-13-18(4)20(6)25(29)27(31)22(8)23(9)34-16-17(3)12-2/h12-14,17,23H,2,4-8,10-11,15-16H2,1,3,9H3/b14-13-,27-25-,28-26-. The monoisotopic (exact) mass is 478 g/mol. The van der Waals surface area contributed by atoms with Gasteiger partial charge < -0.3 is 9.47 Å². The molecule has 0 aromatic heterocycles. The Hall–Kier alpha value is -3.12. The van der Waals surface area contributed by atoms with E-state index in [2.05, 4.69) is 46.1 Å². The van der Waals surface area contributed by atoms with Gasteiger partial charge in [0.2, 0.25) is 5.83 Å². The molecule has 2 atom stereocenters. The quantitative estimate of drug-likeness (QED) is 0.0955. The summed E-state index contributed by atoms with van der Waals surface area (Å²) in [5.41, 5.74) is -0.980. The lowest BCUT2D eigenvalue weighted by atomic mass is 10.0. The summed E-state index contributed by atoms with van der Waals surface area (Å²) in [6, 6.07) is 0. The van der Waals surface area contributed by atoms with Crippen molar-refractivity contribution >= 4 is 0 Å². The minimum absolute atomic E-state index is 0.0243. The number of hydrogen-bond acceptors (Lipinski definition) is 2. The molecule has 0 aromatic rings. The Bertz CT molecular complexity index is 947. The second kappa shape index (κ2) is 14.9. The van der Waals surface area contributed by atoms with Crippen molar-refractivity contribution in [2.75, 3.05) is 13.2 Å². The lowest BCUT2D eigenvalue weighted by Gasteiger charge is -2.17. The third-order valence-electron chi connectivity index (χ3n) is 4.69. The third-order valence-corrected chi connectivity index (χ3v) is 4.69. The predicted molar refractivity (Wildman–Crippen MR) is 133 cm³/mol. The first-order valence-corrected chi connectivity index (χ1v) is 10.6. The first-order valence-electron chi connectivity index (χ1n) is 10.6. The number of ether oxygens (including phenoxy) is 2. The molecule has 2 nitrogen and oxygen atoms in total. The fourth-order valence-corrected chi connectivity index (χ4v) is 2.14. The molecule has 2 unspecified atom stereocenters. The van der Waals surface area contributed by atoms with Crippen LogP contribution >= 0.6 is 0 Å². The fraction of sp³-hybridized carbons (Fsp3) is 0.286. The first kappa shape index (κ1) is 30.9. The van der Waals surface area contributed by atoms with Gasteiger partial charge in [-0.1, -0.05) is 71.5 Å². The molecular formula is C28H34F4O2. The van der Waals surface area contributed by atoms with Crippen LogP contribution in [0.25, 0.3) is 0 Å². The molecule has 0 amide bonds. The molecule has 186 valence electrons. The van der Waals surface area contributed by atoms with E-state index in [4.69, 9.17) is 9.47 Å². The van der Waals surface area contributed by atoms with Gasteiger partial charge in [0.25, 0.3) is 0 Å². The Morgan fingerprint density at radius 2 is 1.26 bits per heavy atom. The van der Waals surface area contributed by atoms with Gasteiger partial charge in [-0.15, -0.1) is 6.58 Å². The smallest absolute Gasteiger partial charge is 0.200 e. The molecule has 0 fully saturated rings. The van der Waals surface area contributed by atoms with Crippen molar-refractivity contribution in [1.29, 1.82) is 0 Å². The van der Waals surface area contributed by atoms with Crippen molar-refractivity contribution < 1.29 is 27.0 Å². The number of hydrogen-bond donors (Lipinski definition) is 0. The van der Waals surface area contributed by atoms with Crippen LogP contribution in [0.15, 0.2) is 121 Å². The van der Waals surface area contributed by atoms with E-state index < -0.39 is 35.2 Å². The van der Waals surface area contributed by atoms with Crippen LogP contribution in [0.3, 0.4) is 0 Å². The van der Waals surface area contributed by atoms with E-state index in [0.29, 0.717) is 6.42 Å². The average molecular weight is 479 g/mol. The van der Waals surface area contributed by atoms with E-state index in [1.807, 2.05) is 6.92 Å². The molecule has 0 aliphatic carbocycles. The Morgan fingerprint density at radius 3 is 1.71 bits per heavy atom. The average Bonchev–Trinajstić information content (AvgIpc) is 2.84. The third kappa shape index (κ3) is 9.40. The topological polar surface area (TPSA) is 18.5 Å². The highest BCUT2D eigenvalue weighted by atomic mass is 19.2. The van der Waals surface area contributed by atoms with Crippen molar-refractivity contribution in [2.24, 2.45) is 5.92 Å². The van der Waals surface area contributed by atoms with Gasteiger partial charge >= 0.3 is 0 Å². The van der Waals surface area contributed by atoms with Crippen LogP contribution in [0.1, 0.15) is 27.2 Å². The SMILES string of the molecule is C=CC(C)COC(C)C(=C)/C(F)=C(/F)C(=C)C(=C)/C=C\C(=C)C(=C)/C(F)=C(/F)C(=C)OCCC. The molecule has 0 heterocycles. The molecule has 0 N–H and O–H groups in total. The highest BCUT2D eigenvalue weighted by Crippen LogP contribution is 2.30. The zero-order valence-electron chi connectivity index (χ0n) is 20.3. The summed E-state index contributed by atoms with van der Waals surface area (Å²) in [6.07, 6.45) is 3.94. The van der Waals surface area contributed by atoms with E-state index >= 15 is 0 Å². The molecule has 0 aliphatic rings. The highest BCUT2D eigenvalue weighted by molar-refractivity contribution is 5.54. The Balaban J connectivity index is 5.34. The Labute approximate surface area is 201 Å². The van der Waals surface area contributed by atoms with Crippen molar-refractivity contribution in [3.63, 3.8) is 0 Å². The van der Waals surface area contributed by atoms with E-state index in [1.54, 1.807) is 19.9 Å². The second-order valence-electron chi connectivity index (χ2n) is 7.58. The van der Waals surface area contributed by atoms with Crippen molar-refractivity contribution in [2.45, 2.75) is 33.3 Å². The molecule has 6 heteroatoms. The predicted octanol–water partition coefficient (Wildman–Crippen LogP) is 8.79.